The third-order valence-electron chi connectivity index (χ3n) is 8.10. The number of rotatable bonds is 1. The molecule has 0 atom stereocenters. The van der Waals surface area contributed by atoms with Gasteiger partial charge < -0.3 is 14.0 Å². The SMILES string of the molecule is c1ccc(-n2c3ccccc3c3cc4c(cc32)Oc2cccc3c2B4c2ccc4ccccc4c2O3)cc1. The summed E-state index contributed by atoms with van der Waals surface area (Å²) in [5.41, 5.74) is 6.93. The van der Waals surface area contributed by atoms with Crippen molar-refractivity contribution < 1.29 is 9.47 Å². The standard InChI is InChI=1S/C34H20BNO2/c1-2-10-22(11-3-1)36-28-14-7-6-13-24(28)25-19-27-32(20-29(25)36)37-30-15-8-16-31-33(30)35(27)26-18-17-21-9-4-5-12-23(21)34(26)38-31/h1-20H. The number of fused-ring (bicyclic) bond motifs is 9. The second-order valence-corrected chi connectivity index (χ2v) is 10.1. The normalized spacial score (nSPS) is 13.1. The van der Waals surface area contributed by atoms with Gasteiger partial charge in [-0.25, -0.2) is 0 Å². The van der Waals surface area contributed by atoms with Crippen molar-refractivity contribution in [1.82, 2.24) is 4.57 Å². The molecule has 0 aliphatic carbocycles. The zero-order valence-corrected chi connectivity index (χ0v) is 20.4. The molecular formula is C34H20BNO2. The smallest absolute Gasteiger partial charge is 0.260 e. The van der Waals surface area contributed by atoms with Crippen molar-refractivity contribution in [3.05, 3.63) is 121 Å². The van der Waals surface area contributed by atoms with E-state index >= 15 is 0 Å². The van der Waals surface area contributed by atoms with E-state index in [-0.39, 0.29) is 6.71 Å². The van der Waals surface area contributed by atoms with E-state index in [9.17, 15) is 0 Å². The average Bonchev–Trinajstić information content (AvgIpc) is 3.29. The van der Waals surface area contributed by atoms with Crippen molar-refractivity contribution in [2.75, 3.05) is 0 Å². The van der Waals surface area contributed by atoms with Crippen LogP contribution in [0.2, 0.25) is 0 Å². The van der Waals surface area contributed by atoms with Gasteiger partial charge in [0.25, 0.3) is 6.71 Å². The first-order valence-electron chi connectivity index (χ1n) is 13.0. The Balaban J connectivity index is 1.38. The summed E-state index contributed by atoms with van der Waals surface area (Å²) in [5, 5.41) is 4.77. The number of benzene rings is 6. The lowest BCUT2D eigenvalue weighted by atomic mass is 9.34. The molecule has 4 heteroatoms. The Bertz CT molecular complexity index is 2090. The molecule has 9 rings (SSSR count). The first kappa shape index (κ1) is 20.1. The van der Waals surface area contributed by atoms with E-state index in [1.807, 2.05) is 6.07 Å². The summed E-state index contributed by atoms with van der Waals surface area (Å²) in [6, 6.07) is 42.8. The van der Waals surface area contributed by atoms with Crippen LogP contribution in [0.1, 0.15) is 0 Å². The Morgan fingerprint density at radius 2 is 1.26 bits per heavy atom. The molecule has 3 nitrogen and oxygen atoms in total. The van der Waals surface area contributed by atoms with Gasteiger partial charge >= 0.3 is 0 Å². The molecular weight excluding hydrogens is 465 g/mol. The molecule has 0 fully saturated rings. The third kappa shape index (κ3) is 2.59. The van der Waals surface area contributed by atoms with Crippen molar-refractivity contribution in [2.45, 2.75) is 0 Å². The van der Waals surface area contributed by atoms with Gasteiger partial charge in [0.2, 0.25) is 0 Å². The average molecular weight is 485 g/mol. The van der Waals surface area contributed by atoms with E-state index < -0.39 is 0 Å². The lowest BCUT2D eigenvalue weighted by Gasteiger charge is -2.33. The van der Waals surface area contributed by atoms with E-state index in [1.165, 1.54) is 32.6 Å². The molecule has 6 aromatic carbocycles. The van der Waals surface area contributed by atoms with Crippen LogP contribution in [0.5, 0.6) is 23.0 Å². The van der Waals surface area contributed by atoms with Crippen LogP contribution in [-0.2, 0) is 0 Å². The molecule has 0 saturated heterocycles. The maximum atomic E-state index is 6.63. The van der Waals surface area contributed by atoms with Gasteiger partial charge in [0.15, 0.2) is 0 Å². The minimum Gasteiger partial charge on any atom is -0.458 e. The minimum absolute atomic E-state index is 0.0292. The van der Waals surface area contributed by atoms with Crippen molar-refractivity contribution in [3.63, 3.8) is 0 Å². The zero-order chi connectivity index (χ0) is 24.8. The fraction of sp³-hybridized carbons (Fsp3) is 0. The van der Waals surface area contributed by atoms with Gasteiger partial charge in [-0.3, -0.25) is 0 Å². The minimum atomic E-state index is 0.0292. The molecule has 7 aromatic rings. The quantitative estimate of drug-likeness (QED) is 0.243. The number of hydrogen-bond donors (Lipinski definition) is 0. The van der Waals surface area contributed by atoms with Crippen LogP contribution in [-0.4, -0.2) is 11.3 Å². The molecule has 0 amide bonds. The van der Waals surface area contributed by atoms with Crippen molar-refractivity contribution in [2.24, 2.45) is 0 Å². The lowest BCUT2D eigenvalue weighted by molar-refractivity contribution is 0.467. The van der Waals surface area contributed by atoms with Gasteiger partial charge in [-0.1, -0.05) is 84.9 Å². The second-order valence-electron chi connectivity index (χ2n) is 10.1. The summed E-state index contributed by atoms with van der Waals surface area (Å²) in [6.45, 7) is 0.0292. The fourth-order valence-electron chi connectivity index (χ4n) is 6.48. The van der Waals surface area contributed by atoms with Gasteiger partial charge in [0.1, 0.15) is 23.0 Å². The molecule has 2 aliphatic heterocycles. The summed E-state index contributed by atoms with van der Waals surface area (Å²) in [7, 11) is 0. The van der Waals surface area contributed by atoms with E-state index in [0.29, 0.717) is 0 Å². The fourth-order valence-corrected chi connectivity index (χ4v) is 6.48. The monoisotopic (exact) mass is 485 g/mol. The van der Waals surface area contributed by atoms with Crippen LogP contribution < -0.4 is 25.9 Å². The van der Waals surface area contributed by atoms with Crippen molar-refractivity contribution in [1.29, 1.82) is 0 Å². The van der Waals surface area contributed by atoms with Crippen LogP contribution in [0.15, 0.2) is 121 Å². The maximum absolute atomic E-state index is 6.63. The van der Waals surface area contributed by atoms with Gasteiger partial charge in [-0.2, -0.15) is 0 Å². The molecule has 176 valence electrons. The summed E-state index contributed by atoms with van der Waals surface area (Å²) < 4.78 is 15.6. The van der Waals surface area contributed by atoms with E-state index in [0.717, 1.165) is 45.1 Å². The largest absolute Gasteiger partial charge is 0.458 e. The summed E-state index contributed by atoms with van der Waals surface area (Å²) in [5.74, 6) is 3.57. The van der Waals surface area contributed by atoms with Crippen molar-refractivity contribution in [3.8, 4) is 28.7 Å². The highest BCUT2D eigenvalue weighted by atomic mass is 16.5. The number of para-hydroxylation sites is 2. The van der Waals surface area contributed by atoms with Crippen LogP contribution in [0.25, 0.3) is 38.3 Å². The predicted octanol–water partition coefficient (Wildman–Crippen LogP) is 6.66. The lowest BCUT2D eigenvalue weighted by Crippen LogP contribution is -2.57. The van der Waals surface area contributed by atoms with Gasteiger partial charge in [-0.05, 0) is 46.6 Å². The Labute approximate surface area is 219 Å². The summed E-state index contributed by atoms with van der Waals surface area (Å²) in [4.78, 5) is 0. The van der Waals surface area contributed by atoms with Gasteiger partial charge in [-0.15, -0.1) is 0 Å². The third-order valence-corrected chi connectivity index (χ3v) is 8.10. The molecule has 3 heterocycles. The molecule has 0 bridgehead atoms. The van der Waals surface area contributed by atoms with Crippen LogP contribution in [0, 0.1) is 0 Å². The van der Waals surface area contributed by atoms with Crippen LogP contribution in [0.4, 0.5) is 0 Å². The van der Waals surface area contributed by atoms with Crippen LogP contribution in [0.3, 0.4) is 0 Å². The topological polar surface area (TPSA) is 23.4 Å². The van der Waals surface area contributed by atoms with Gasteiger partial charge in [0, 0.05) is 33.4 Å². The van der Waals surface area contributed by atoms with E-state index in [1.54, 1.807) is 0 Å². The first-order chi connectivity index (χ1) is 18.8. The molecule has 2 aliphatic rings. The van der Waals surface area contributed by atoms with Gasteiger partial charge in [0.05, 0.1) is 11.0 Å². The number of nitrogens with zero attached hydrogens (tertiary/aromatic N) is 1. The second kappa shape index (κ2) is 7.30. The number of aromatic nitrogens is 1. The van der Waals surface area contributed by atoms with E-state index in [2.05, 4.69) is 120 Å². The molecule has 38 heavy (non-hydrogen) atoms. The maximum Gasteiger partial charge on any atom is 0.260 e. The zero-order valence-electron chi connectivity index (χ0n) is 20.4. The first-order valence-corrected chi connectivity index (χ1v) is 13.0. The molecule has 1 aromatic heterocycles. The Kier molecular flexibility index (Phi) is 3.87. The molecule has 0 radical (unpaired) electrons. The molecule has 0 saturated carbocycles. The Hall–Kier alpha value is -4.96. The highest BCUT2D eigenvalue weighted by molar-refractivity contribution is 6.98. The Morgan fingerprint density at radius 1 is 0.500 bits per heavy atom. The number of ether oxygens (including phenoxy) is 2. The predicted molar refractivity (Wildman–Crippen MR) is 156 cm³/mol. The van der Waals surface area contributed by atoms with Crippen LogP contribution >= 0.6 is 0 Å². The molecule has 0 unspecified atom stereocenters. The van der Waals surface area contributed by atoms with Crippen molar-refractivity contribution >= 4 is 55.7 Å². The summed E-state index contributed by atoms with van der Waals surface area (Å²) >= 11 is 0. The summed E-state index contributed by atoms with van der Waals surface area (Å²) in [6.07, 6.45) is 0. The number of hydrogen-bond acceptors (Lipinski definition) is 2. The highest BCUT2D eigenvalue weighted by Crippen LogP contribution is 2.40. The molecule has 0 N–H and O–H groups in total. The molecule has 0 spiro atoms. The van der Waals surface area contributed by atoms with E-state index in [4.69, 9.17) is 9.47 Å². The highest BCUT2D eigenvalue weighted by Gasteiger charge is 2.41. The Morgan fingerprint density at radius 3 is 2.16 bits per heavy atom.